The van der Waals surface area contributed by atoms with Gasteiger partial charge in [-0.25, -0.2) is 0 Å². The quantitative estimate of drug-likeness (QED) is 0.785. The van der Waals surface area contributed by atoms with Crippen LogP contribution in [0.5, 0.6) is 0 Å². The number of aromatic nitrogens is 1. The molecule has 0 aliphatic carbocycles. The Morgan fingerprint density at radius 3 is 2.94 bits per heavy atom. The Morgan fingerprint density at radius 2 is 2.17 bits per heavy atom. The topological polar surface area (TPSA) is 28.7 Å². The minimum Gasteiger partial charge on any atom is -0.344 e. The molecule has 92 valence electrons. The maximum atomic E-state index is 8.73. The predicted molar refractivity (Wildman–Crippen MR) is 73.7 cm³/mol. The molecule has 18 heavy (non-hydrogen) atoms. The van der Waals surface area contributed by atoms with Crippen molar-refractivity contribution in [3.05, 3.63) is 34.5 Å². The molecule has 1 aromatic carbocycles. The maximum absolute atomic E-state index is 8.73. The van der Waals surface area contributed by atoms with Gasteiger partial charge in [-0.05, 0) is 55.9 Å². The number of nitrogens with zero attached hydrogens (tertiary/aromatic N) is 2. The first-order valence-corrected chi connectivity index (χ1v) is 6.70. The molecule has 0 radical (unpaired) electrons. The van der Waals surface area contributed by atoms with Crippen LogP contribution in [0.2, 0.25) is 0 Å². The van der Waals surface area contributed by atoms with Crippen LogP contribution in [-0.2, 0) is 19.4 Å². The molecular formula is C16H18N2. The zero-order chi connectivity index (χ0) is 12.7. The van der Waals surface area contributed by atoms with Gasteiger partial charge in [0.05, 0.1) is 11.6 Å². The molecule has 1 aliphatic rings. The Kier molecular flexibility index (Phi) is 2.63. The van der Waals surface area contributed by atoms with Crippen LogP contribution >= 0.6 is 0 Å². The second kappa shape index (κ2) is 4.17. The first kappa shape index (κ1) is 11.3. The van der Waals surface area contributed by atoms with E-state index in [9.17, 15) is 0 Å². The van der Waals surface area contributed by atoms with Gasteiger partial charge < -0.3 is 4.57 Å². The van der Waals surface area contributed by atoms with Gasteiger partial charge in [-0.15, -0.1) is 0 Å². The summed E-state index contributed by atoms with van der Waals surface area (Å²) >= 11 is 0. The fourth-order valence-corrected chi connectivity index (χ4v) is 3.17. The standard InChI is InChI=1S/C16H18N2/c1-11-12(2)18-8-4-6-14-9-13(5-3-7-17)10-15(11)16(14)18/h9-10H,3-6,8H2,1-2H3. The molecule has 0 spiro atoms. The normalized spacial score (nSPS) is 13.8. The summed E-state index contributed by atoms with van der Waals surface area (Å²) < 4.78 is 2.47. The molecule has 2 heteroatoms. The fourth-order valence-electron chi connectivity index (χ4n) is 3.17. The van der Waals surface area contributed by atoms with Crippen molar-refractivity contribution in [2.45, 2.75) is 46.1 Å². The monoisotopic (exact) mass is 238 g/mol. The van der Waals surface area contributed by atoms with Gasteiger partial charge >= 0.3 is 0 Å². The third kappa shape index (κ3) is 1.54. The number of aryl methyl sites for hydroxylation is 4. The van der Waals surface area contributed by atoms with Crippen LogP contribution in [0.15, 0.2) is 12.1 Å². The lowest BCUT2D eigenvalue weighted by molar-refractivity contribution is 0.621. The summed E-state index contributed by atoms with van der Waals surface area (Å²) in [6, 6.07) is 6.85. The third-order valence-corrected chi connectivity index (χ3v) is 4.22. The van der Waals surface area contributed by atoms with Crippen molar-refractivity contribution >= 4 is 10.9 Å². The lowest BCUT2D eigenvalue weighted by Crippen LogP contribution is -2.09. The highest BCUT2D eigenvalue weighted by molar-refractivity contribution is 5.89. The lowest BCUT2D eigenvalue weighted by atomic mass is 9.97. The van der Waals surface area contributed by atoms with Gasteiger partial charge in [0.2, 0.25) is 0 Å². The summed E-state index contributed by atoms with van der Waals surface area (Å²) in [4.78, 5) is 0. The Hall–Kier alpha value is -1.75. The van der Waals surface area contributed by atoms with E-state index in [4.69, 9.17) is 5.26 Å². The molecule has 1 aromatic heterocycles. The van der Waals surface area contributed by atoms with Crippen molar-refractivity contribution in [3.63, 3.8) is 0 Å². The molecule has 0 bridgehead atoms. The van der Waals surface area contributed by atoms with Crippen LogP contribution in [0.25, 0.3) is 10.9 Å². The maximum Gasteiger partial charge on any atom is 0.0625 e. The lowest BCUT2D eigenvalue weighted by Gasteiger charge is -2.18. The minimum atomic E-state index is 0.615. The summed E-state index contributed by atoms with van der Waals surface area (Å²) in [6.45, 7) is 5.59. The summed E-state index contributed by atoms with van der Waals surface area (Å²) in [5.41, 5.74) is 7.05. The van der Waals surface area contributed by atoms with Crippen molar-refractivity contribution in [2.24, 2.45) is 0 Å². The molecule has 0 atom stereocenters. The number of nitriles is 1. The van der Waals surface area contributed by atoms with Crippen molar-refractivity contribution in [1.82, 2.24) is 4.57 Å². The first-order chi connectivity index (χ1) is 8.72. The van der Waals surface area contributed by atoms with Crippen molar-refractivity contribution in [2.75, 3.05) is 0 Å². The van der Waals surface area contributed by atoms with Crippen molar-refractivity contribution < 1.29 is 0 Å². The Morgan fingerprint density at radius 1 is 1.33 bits per heavy atom. The fraction of sp³-hybridized carbons (Fsp3) is 0.438. The number of benzene rings is 1. The molecule has 1 aliphatic heterocycles. The van der Waals surface area contributed by atoms with Crippen molar-refractivity contribution in [3.8, 4) is 6.07 Å². The van der Waals surface area contributed by atoms with Gasteiger partial charge in [-0.3, -0.25) is 0 Å². The average molecular weight is 238 g/mol. The Labute approximate surface area is 108 Å². The molecule has 2 nitrogen and oxygen atoms in total. The highest BCUT2D eigenvalue weighted by atomic mass is 15.0. The van der Waals surface area contributed by atoms with E-state index in [1.165, 1.54) is 46.1 Å². The van der Waals surface area contributed by atoms with Gasteiger partial charge in [0.15, 0.2) is 0 Å². The van der Waals surface area contributed by atoms with E-state index in [0.717, 1.165) is 13.0 Å². The summed E-state index contributed by atoms with van der Waals surface area (Å²) in [5, 5.41) is 10.1. The van der Waals surface area contributed by atoms with Crippen LogP contribution in [-0.4, -0.2) is 4.57 Å². The molecule has 3 rings (SSSR count). The summed E-state index contributed by atoms with van der Waals surface area (Å²) in [5.74, 6) is 0. The van der Waals surface area contributed by atoms with Gasteiger partial charge in [0, 0.05) is 24.0 Å². The molecule has 0 N–H and O–H groups in total. The average Bonchev–Trinajstić information content (AvgIpc) is 2.64. The zero-order valence-corrected chi connectivity index (χ0v) is 11.1. The Bertz CT molecular complexity index is 656. The van der Waals surface area contributed by atoms with E-state index >= 15 is 0 Å². The van der Waals surface area contributed by atoms with Crippen LogP contribution in [0.4, 0.5) is 0 Å². The minimum absolute atomic E-state index is 0.615. The van der Waals surface area contributed by atoms with E-state index < -0.39 is 0 Å². The zero-order valence-electron chi connectivity index (χ0n) is 11.1. The van der Waals surface area contributed by atoms with E-state index in [2.05, 4.69) is 36.6 Å². The van der Waals surface area contributed by atoms with Crippen molar-refractivity contribution in [1.29, 1.82) is 5.26 Å². The highest BCUT2D eigenvalue weighted by Gasteiger charge is 2.18. The van der Waals surface area contributed by atoms with Crippen LogP contribution < -0.4 is 0 Å². The van der Waals surface area contributed by atoms with Gasteiger partial charge in [0.25, 0.3) is 0 Å². The molecular weight excluding hydrogens is 220 g/mol. The smallest absolute Gasteiger partial charge is 0.0625 e. The molecule has 0 amide bonds. The molecule has 0 fully saturated rings. The largest absolute Gasteiger partial charge is 0.344 e. The van der Waals surface area contributed by atoms with Gasteiger partial charge in [0.1, 0.15) is 0 Å². The Balaban J connectivity index is 2.24. The number of hydrogen-bond acceptors (Lipinski definition) is 1. The second-order valence-corrected chi connectivity index (χ2v) is 5.27. The van der Waals surface area contributed by atoms with E-state index in [-0.39, 0.29) is 0 Å². The molecule has 0 saturated heterocycles. The van der Waals surface area contributed by atoms with Gasteiger partial charge in [-0.2, -0.15) is 5.26 Å². The van der Waals surface area contributed by atoms with E-state index in [0.29, 0.717) is 6.42 Å². The summed E-state index contributed by atoms with van der Waals surface area (Å²) in [6.07, 6.45) is 3.91. The van der Waals surface area contributed by atoms with Crippen LogP contribution in [0, 0.1) is 25.2 Å². The molecule has 2 aromatic rings. The number of rotatable bonds is 2. The second-order valence-electron chi connectivity index (χ2n) is 5.27. The highest BCUT2D eigenvalue weighted by Crippen LogP contribution is 2.33. The molecule has 2 heterocycles. The first-order valence-electron chi connectivity index (χ1n) is 6.70. The third-order valence-electron chi connectivity index (χ3n) is 4.22. The van der Waals surface area contributed by atoms with E-state index in [1.807, 2.05) is 0 Å². The summed E-state index contributed by atoms with van der Waals surface area (Å²) in [7, 11) is 0. The van der Waals surface area contributed by atoms with Gasteiger partial charge in [-0.1, -0.05) is 6.07 Å². The molecule has 0 saturated carbocycles. The number of hydrogen-bond donors (Lipinski definition) is 0. The van der Waals surface area contributed by atoms with Crippen LogP contribution in [0.3, 0.4) is 0 Å². The SMILES string of the molecule is Cc1c(C)n2c3c(cc(CCC#N)cc13)CCC2. The molecule has 0 unspecified atom stereocenters. The van der Waals surface area contributed by atoms with Crippen LogP contribution in [0.1, 0.15) is 35.2 Å². The van der Waals surface area contributed by atoms with E-state index in [1.54, 1.807) is 0 Å². The predicted octanol–water partition coefficient (Wildman–Crippen LogP) is 3.66.